The molecule has 3 rings (SSSR count). The number of esters is 1. The number of nitrogens with one attached hydrogen (secondary N) is 2. The van der Waals surface area contributed by atoms with Crippen molar-refractivity contribution in [2.75, 3.05) is 17.6 Å². The predicted octanol–water partition coefficient (Wildman–Crippen LogP) is 4.07. The van der Waals surface area contributed by atoms with Crippen LogP contribution in [-0.2, 0) is 19.6 Å². The number of halogens is 1. The van der Waals surface area contributed by atoms with Crippen LogP contribution in [0, 0.1) is 12.7 Å². The van der Waals surface area contributed by atoms with Crippen molar-refractivity contribution < 1.29 is 22.3 Å². The molecular formula is C21H23FN2O4S. The summed E-state index contributed by atoms with van der Waals surface area (Å²) in [6, 6.07) is 9.72. The monoisotopic (exact) mass is 418 g/mol. The Labute approximate surface area is 169 Å². The summed E-state index contributed by atoms with van der Waals surface area (Å²) >= 11 is 0. The van der Waals surface area contributed by atoms with Gasteiger partial charge in [-0.25, -0.2) is 12.8 Å². The number of aromatic amines is 1. The van der Waals surface area contributed by atoms with Crippen LogP contribution < -0.4 is 4.72 Å². The highest BCUT2D eigenvalue weighted by Gasteiger charge is 2.24. The van der Waals surface area contributed by atoms with Crippen LogP contribution in [-0.4, -0.2) is 32.2 Å². The molecule has 0 radical (unpaired) electrons. The maximum absolute atomic E-state index is 13.6. The van der Waals surface area contributed by atoms with Gasteiger partial charge in [0.05, 0.1) is 30.5 Å². The van der Waals surface area contributed by atoms with Crippen molar-refractivity contribution in [2.45, 2.75) is 26.2 Å². The highest BCUT2D eigenvalue weighted by atomic mass is 32.2. The first-order valence-corrected chi connectivity index (χ1v) is 11.1. The van der Waals surface area contributed by atoms with Crippen LogP contribution in [0.4, 0.5) is 10.1 Å². The Kier molecular flexibility index (Phi) is 5.93. The van der Waals surface area contributed by atoms with E-state index in [9.17, 15) is 17.6 Å². The zero-order chi connectivity index (χ0) is 21.2. The number of carbonyl (C=O) groups is 1. The van der Waals surface area contributed by atoms with E-state index in [0.717, 1.165) is 28.3 Å². The topological polar surface area (TPSA) is 88.3 Å². The first-order chi connectivity index (χ1) is 13.7. The molecule has 6 nitrogen and oxygen atoms in total. The van der Waals surface area contributed by atoms with Gasteiger partial charge in [-0.15, -0.1) is 0 Å². The van der Waals surface area contributed by atoms with E-state index in [-0.39, 0.29) is 30.7 Å². The van der Waals surface area contributed by atoms with E-state index >= 15 is 0 Å². The molecule has 1 aromatic heterocycles. The molecule has 1 unspecified atom stereocenters. The lowest BCUT2D eigenvalue weighted by Crippen LogP contribution is -2.12. The van der Waals surface area contributed by atoms with Gasteiger partial charge in [0, 0.05) is 17.5 Å². The Balaban J connectivity index is 2.14. The fraction of sp³-hybridized carbons (Fsp3) is 0.286. The Morgan fingerprint density at radius 3 is 2.66 bits per heavy atom. The van der Waals surface area contributed by atoms with Crippen LogP contribution in [0.15, 0.2) is 42.6 Å². The summed E-state index contributed by atoms with van der Waals surface area (Å²) in [7, 11) is -3.46. The van der Waals surface area contributed by atoms with Gasteiger partial charge in [-0.3, -0.25) is 9.52 Å². The lowest BCUT2D eigenvalue weighted by atomic mass is 9.85. The van der Waals surface area contributed by atoms with E-state index in [1.165, 1.54) is 12.1 Å². The molecule has 0 fully saturated rings. The number of anilines is 1. The highest BCUT2D eigenvalue weighted by molar-refractivity contribution is 7.92. The van der Waals surface area contributed by atoms with Gasteiger partial charge in [-0.05, 0) is 48.7 Å². The van der Waals surface area contributed by atoms with Gasteiger partial charge < -0.3 is 9.72 Å². The number of H-pyrrole nitrogens is 1. The van der Waals surface area contributed by atoms with E-state index in [1.54, 1.807) is 38.2 Å². The van der Waals surface area contributed by atoms with E-state index in [1.807, 2.05) is 6.07 Å². The average molecular weight is 418 g/mol. The fourth-order valence-electron chi connectivity index (χ4n) is 3.55. The van der Waals surface area contributed by atoms with E-state index in [2.05, 4.69) is 9.71 Å². The van der Waals surface area contributed by atoms with Crippen molar-refractivity contribution >= 4 is 32.6 Å². The zero-order valence-electron chi connectivity index (χ0n) is 16.5. The minimum atomic E-state index is -3.46. The molecule has 0 aliphatic heterocycles. The molecule has 2 N–H and O–H groups in total. The lowest BCUT2D eigenvalue weighted by Gasteiger charge is -2.19. The first-order valence-electron chi connectivity index (χ1n) is 9.19. The maximum Gasteiger partial charge on any atom is 0.306 e. The number of hydrogen-bond acceptors (Lipinski definition) is 4. The smallest absolute Gasteiger partial charge is 0.306 e. The van der Waals surface area contributed by atoms with Crippen LogP contribution in [0.1, 0.15) is 36.0 Å². The largest absolute Gasteiger partial charge is 0.466 e. The second kappa shape index (κ2) is 8.24. The second-order valence-electron chi connectivity index (χ2n) is 6.91. The summed E-state index contributed by atoms with van der Waals surface area (Å²) in [5.74, 6) is -1.09. The molecule has 0 aliphatic carbocycles. The molecule has 1 atom stereocenters. The number of para-hydroxylation sites is 1. The van der Waals surface area contributed by atoms with E-state index in [0.29, 0.717) is 11.2 Å². The molecular weight excluding hydrogens is 395 g/mol. The van der Waals surface area contributed by atoms with Crippen LogP contribution in [0.25, 0.3) is 10.9 Å². The van der Waals surface area contributed by atoms with Crippen molar-refractivity contribution in [1.29, 1.82) is 0 Å². The summed E-state index contributed by atoms with van der Waals surface area (Å²) in [4.78, 5) is 15.4. The summed E-state index contributed by atoms with van der Waals surface area (Å²) < 4.78 is 44.6. The number of benzene rings is 2. The first kappa shape index (κ1) is 20.9. The normalized spacial score (nSPS) is 12.7. The van der Waals surface area contributed by atoms with Crippen LogP contribution in [0.3, 0.4) is 0 Å². The van der Waals surface area contributed by atoms with Gasteiger partial charge in [0.15, 0.2) is 0 Å². The molecule has 0 saturated heterocycles. The predicted molar refractivity (Wildman–Crippen MR) is 111 cm³/mol. The van der Waals surface area contributed by atoms with Gasteiger partial charge in [-0.1, -0.05) is 18.2 Å². The van der Waals surface area contributed by atoms with Crippen LogP contribution in [0.2, 0.25) is 0 Å². The summed E-state index contributed by atoms with van der Waals surface area (Å²) in [6.07, 6.45) is 2.92. The van der Waals surface area contributed by atoms with Crippen molar-refractivity contribution in [3.63, 3.8) is 0 Å². The number of fused-ring (bicyclic) bond motifs is 1. The van der Waals surface area contributed by atoms with Crippen LogP contribution in [0.5, 0.6) is 0 Å². The van der Waals surface area contributed by atoms with Gasteiger partial charge in [0.2, 0.25) is 10.0 Å². The summed E-state index contributed by atoms with van der Waals surface area (Å²) in [5, 5.41) is 0.775. The summed E-state index contributed by atoms with van der Waals surface area (Å²) in [6.45, 7) is 3.80. The maximum atomic E-state index is 13.6. The van der Waals surface area contributed by atoms with E-state index in [4.69, 9.17) is 4.74 Å². The fourth-order valence-corrected chi connectivity index (χ4v) is 4.12. The highest BCUT2D eigenvalue weighted by Crippen LogP contribution is 2.37. The molecule has 0 spiro atoms. The number of rotatable bonds is 7. The van der Waals surface area contributed by atoms with Gasteiger partial charge in [0.1, 0.15) is 5.82 Å². The molecule has 0 amide bonds. The van der Waals surface area contributed by atoms with Crippen LogP contribution >= 0.6 is 0 Å². The number of hydrogen-bond donors (Lipinski definition) is 2. The standard InChI is InChI=1S/C21H23FN2O4S/c1-4-28-20(25)11-17(15-9-8-14(22)10-13(15)2)18-12-23-21-16(18)6-5-7-19(21)24-29(3,26)27/h5-10,12,17,23-24H,4,11H2,1-3H3. The van der Waals surface area contributed by atoms with E-state index < -0.39 is 10.0 Å². The number of aromatic nitrogens is 1. The SMILES string of the molecule is CCOC(=O)CC(c1ccc(F)cc1C)c1c[nH]c2c(NS(C)(=O)=O)cccc12. The minimum Gasteiger partial charge on any atom is -0.466 e. The zero-order valence-corrected chi connectivity index (χ0v) is 17.3. The molecule has 0 saturated carbocycles. The third-order valence-corrected chi connectivity index (χ3v) is 5.29. The summed E-state index contributed by atoms with van der Waals surface area (Å²) in [5.41, 5.74) is 3.37. The third kappa shape index (κ3) is 4.76. The molecule has 1 heterocycles. The quantitative estimate of drug-likeness (QED) is 0.566. The minimum absolute atomic E-state index is 0.0804. The molecule has 8 heteroatoms. The van der Waals surface area contributed by atoms with Gasteiger partial charge in [0.25, 0.3) is 0 Å². The Hall–Kier alpha value is -2.87. The molecule has 0 bridgehead atoms. The van der Waals surface area contributed by atoms with Gasteiger partial charge in [-0.2, -0.15) is 0 Å². The second-order valence-corrected chi connectivity index (χ2v) is 8.66. The Morgan fingerprint density at radius 2 is 2.00 bits per heavy atom. The Morgan fingerprint density at radius 1 is 1.24 bits per heavy atom. The lowest BCUT2D eigenvalue weighted by molar-refractivity contribution is -0.143. The molecule has 2 aromatic carbocycles. The molecule has 0 aliphatic rings. The number of aryl methyl sites for hydroxylation is 1. The van der Waals surface area contributed by atoms with Crippen molar-refractivity contribution in [1.82, 2.24) is 4.98 Å². The average Bonchev–Trinajstić information content (AvgIpc) is 3.04. The Bertz CT molecular complexity index is 1150. The number of carbonyl (C=O) groups excluding carboxylic acids is 1. The van der Waals surface area contributed by atoms with Gasteiger partial charge >= 0.3 is 5.97 Å². The van der Waals surface area contributed by atoms with Crippen molar-refractivity contribution in [2.24, 2.45) is 0 Å². The number of sulfonamides is 1. The molecule has 3 aromatic rings. The van der Waals surface area contributed by atoms with Crippen molar-refractivity contribution in [3.8, 4) is 0 Å². The number of ether oxygens (including phenoxy) is 1. The molecule has 154 valence electrons. The van der Waals surface area contributed by atoms with Crippen molar-refractivity contribution in [3.05, 3.63) is 65.1 Å². The third-order valence-electron chi connectivity index (χ3n) is 4.70. The molecule has 29 heavy (non-hydrogen) atoms.